The molecule has 3 nitrogen and oxygen atoms in total. The number of hydrogen-bond donors (Lipinski definition) is 0. The Hall–Kier alpha value is -2.16. The first-order chi connectivity index (χ1) is 10.6. The van der Waals surface area contributed by atoms with Gasteiger partial charge in [-0.2, -0.15) is 0 Å². The first kappa shape index (κ1) is 14.8. The lowest BCUT2D eigenvalue weighted by Crippen LogP contribution is -2.37. The molecule has 1 aromatic heterocycles. The van der Waals surface area contributed by atoms with Gasteiger partial charge in [-0.25, -0.2) is 0 Å². The van der Waals surface area contributed by atoms with Gasteiger partial charge in [0.15, 0.2) is 0 Å². The summed E-state index contributed by atoms with van der Waals surface area (Å²) in [5, 5.41) is 0. The van der Waals surface area contributed by atoms with Gasteiger partial charge in [0.1, 0.15) is 0 Å². The maximum absolute atomic E-state index is 12.7. The lowest BCUT2D eigenvalue weighted by atomic mass is 9.97. The number of hydrogen-bond acceptors (Lipinski definition) is 2. The molecule has 1 aliphatic rings. The van der Waals surface area contributed by atoms with E-state index in [9.17, 15) is 4.79 Å². The van der Waals surface area contributed by atoms with E-state index in [4.69, 9.17) is 0 Å². The van der Waals surface area contributed by atoms with Crippen molar-refractivity contribution >= 4 is 5.91 Å². The fourth-order valence-corrected chi connectivity index (χ4v) is 3.24. The van der Waals surface area contributed by atoms with Gasteiger partial charge in [0.2, 0.25) is 0 Å². The third-order valence-corrected chi connectivity index (χ3v) is 4.51. The summed E-state index contributed by atoms with van der Waals surface area (Å²) in [4.78, 5) is 18.8. The molecule has 2 aromatic rings. The van der Waals surface area contributed by atoms with Gasteiger partial charge in [0.05, 0.1) is 5.56 Å². The summed E-state index contributed by atoms with van der Waals surface area (Å²) in [5.74, 6) is 0.112. The Kier molecular flexibility index (Phi) is 4.23. The number of benzene rings is 1. The van der Waals surface area contributed by atoms with Gasteiger partial charge in [-0.3, -0.25) is 9.78 Å². The maximum Gasteiger partial charge on any atom is 0.255 e. The van der Waals surface area contributed by atoms with E-state index < -0.39 is 0 Å². The standard InChI is InChI=1S/C19H22N2O/c1-14-7-8-15(2)17(11-14)12-18-6-4-10-21(18)19(22)16-5-3-9-20-13-16/h3,5,7-9,11,13,18H,4,6,10,12H2,1-2H3. The van der Waals surface area contributed by atoms with E-state index in [1.165, 1.54) is 16.7 Å². The van der Waals surface area contributed by atoms with Gasteiger partial charge in [-0.15, -0.1) is 0 Å². The van der Waals surface area contributed by atoms with E-state index in [0.29, 0.717) is 11.6 Å². The Morgan fingerprint density at radius 3 is 2.95 bits per heavy atom. The average Bonchev–Trinajstić information content (AvgIpc) is 2.99. The van der Waals surface area contributed by atoms with Crippen LogP contribution < -0.4 is 0 Å². The molecule has 1 aromatic carbocycles. The van der Waals surface area contributed by atoms with Gasteiger partial charge in [0, 0.05) is 25.0 Å². The molecule has 22 heavy (non-hydrogen) atoms. The number of aromatic nitrogens is 1. The van der Waals surface area contributed by atoms with E-state index in [2.05, 4.69) is 37.0 Å². The molecule has 2 heterocycles. The van der Waals surface area contributed by atoms with Crippen molar-refractivity contribution in [2.75, 3.05) is 6.54 Å². The average molecular weight is 294 g/mol. The molecule has 114 valence electrons. The third-order valence-electron chi connectivity index (χ3n) is 4.51. The van der Waals surface area contributed by atoms with Crippen molar-refractivity contribution < 1.29 is 4.79 Å². The summed E-state index contributed by atoms with van der Waals surface area (Å²) < 4.78 is 0. The Balaban J connectivity index is 1.79. The maximum atomic E-state index is 12.7. The molecule has 1 amide bonds. The SMILES string of the molecule is Cc1ccc(C)c(CC2CCCN2C(=O)c2cccnc2)c1. The summed E-state index contributed by atoms with van der Waals surface area (Å²) in [6.45, 7) is 5.12. The predicted molar refractivity (Wildman–Crippen MR) is 87.9 cm³/mol. The number of nitrogens with zero attached hydrogens (tertiary/aromatic N) is 2. The van der Waals surface area contributed by atoms with E-state index in [0.717, 1.165) is 25.8 Å². The normalized spacial score (nSPS) is 17.7. The molecule has 0 saturated carbocycles. The molecule has 0 N–H and O–H groups in total. The minimum atomic E-state index is 0.112. The van der Waals surface area contributed by atoms with Gasteiger partial charge >= 0.3 is 0 Å². The van der Waals surface area contributed by atoms with Crippen LogP contribution in [-0.2, 0) is 6.42 Å². The first-order valence-electron chi connectivity index (χ1n) is 7.92. The molecule has 1 fully saturated rings. The number of carbonyl (C=O) groups is 1. The number of amides is 1. The van der Waals surface area contributed by atoms with Crippen LogP contribution in [0.25, 0.3) is 0 Å². The van der Waals surface area contributed by atoms with Crippen LogP contribution in [0.5, 0.6) is 0 Å². The molecule has 0 spiro atoms. The number of likely N-dealkylation sites (tertiary alicyclic amines) is 1. The summed E-state index contributed by atoms with van der Waals surface area (Å²) in [5.41, 5.74) is 4.64. The highest BCUT2D eigenvalue weighted by atomic mass is 16.2. The monoisotopic (exact) mass is 294 g/mol. The van der Waals surface area contributed by atoms with Crippen molar-refractivity contribution in [1.29, 1.82) is 0 Å². The lowest BCUT2D eigenvalue weighted by molar-refractivity contribution is 0.0736. The first-order valence-corrected chi connectivity index (χ1v) is 7.92. The highest BCUT2D eigenvalue weighted by Crippen LogP contribution is 2.24. The number of rotatable bonds is 3. The Bertz CT molecular complexity index is 666. The number of aryl methyl sites for hydroxylation is 2. The predicted octanol–water partition coefficient (Wildman–Crippen LogP) is 3.55. The molecule has 0 aliphatic carbocycles. The number of carbonyl (C=O) groups excluding carboxylic acids is 1. The fraction of sp³-hybridized carbons (Fsp3) is 0.368. The van der Waals surface area contributed by atoms with Crippen LogP contribution in [0.3, 0.4) is 0 Å². The summed E-state index contributed by atoms with van der Waals surface area (Å²) in [7, 11) is 0. The van der Waals surface area contributed by atoms with Crippen molar-refractivity contribution in [3.63, 3.8) is 0 Å². The fourth-order valence-electron chi connectivity index (χ4n) is 3.24. The smallest absolute Gasteiger partial charge is 0.255 e. The molecule has 1 saturated heterocycles. The molecule has 0 bridgehead atoms. The van der Waals surface area contributed by atoms with Crippen LogP contribution in [0.4, 0.5) is 0 Å². The second-order valence-electron chi connectivity index (χ2n) is 6.17. The Labute approximate surface area is 132 Å². The lowest BCUT2D eigenvalue weighted by Gasteiger charge is -2.25. The Morgan fingerprint density at radius 1 is 1.32 bits per heavy atom. The van der Waals surface area contributed by atoms with Crippen molar-refractivity contribution in [1.82, 2.24) is 9.88 Å². The van der Waals surface area contributed by atoms with Crippen molar-refractivity contribution in [3.05, 3.63) is 65.0 Å². The highest BCUT2D eigenvalue weighted by Gasteiger charge is 2.29. The Morgan fingerprint density at radius 2 is 2.18 bits per heavy atom. The van der Waals surface area contributed by atoms with Gasteiger partial charge in [-0.1, -0.05) is 23.8 Å². The van der Waals surface area contributed by atoms with Gasteiger partial charge in [-0.05, 0) is 56.4 Å². The minimum absolute atomic E-state index is 0.112. The third kappa shape index (κ3) is 3.03. The van der Waals surface area contributed by atoms with Crippen LogP contribution >= 0.6 is 0 Å². The molecule has 3 heteroatoms. The molecule has 0 radical (unpaired) electrons. The number of pyridine rings is 1. The highest BCUT2D eigenvalue weighted by molar-refractivity contribution is 5.94. The van der Waals surface area contributed by atoms with E-state index in [1.807, 2.05) is 17.0 Å². The molecular weight excluding hydrogens is 272 g/mol. The van der Waals surface area contributed by atoms with Gasteiger partial charge < -0.3 is 4.90 Å². The quantitative estimate of drug-likeness (QED) is 0.867. The minimum Gasteiger partial charge on any atom is -0.335 e. The molecular formula is C19H22N2O. The summed E-state index contributed by atoms with van der Waals surface area (Å²) in [6, 6.07) is 10.5. The second-order valence-corrected chi connectivity index (χ2v) is 6.17. The van der Waals surface area contributed by atoms with E-state index in [-0.39, 0.29) is 5.91 Å². The van der Waals surface area contributed by atoms with Crippen LogP contribution in [0, 0.1) is 13.8 Å². The van der Waals surface area contributed by atoms with Gasteiger partial charge in [0.25, 0.3) is 5.91 Å². The van der Waals surface area contributed by atoms with Crippen LogP contribution in [0.2, 0.25) is 0 Å². The topological polar surface area (TPSA) is 33.2 Å². The molecule has 1 unspecified atom stereocenters. The zero-order chi connectivity index (χ0) is 15.5. The van der Waals surface area contributed by atoms with Crippen LogP contribution in [0.1, 0.15) is 39.9 Å². The van der Waals surface area contributed by atoms with Crippen molar-refractivity contribution in [3.8, 4) is 0 Å². The summed E-state index contributed by atoms with van der Waals surface area (Å²) in [6.07, 6.45) is 6.48. The zero-order valence-electron chi connectivity index (χ0n) is 13.2. The zero-order valence-corrected chi connectivity index (χ0v) is 13.2. The largest absolute Gasteiger partial charge is 0.335 e. The summed E-state index contributed by atoms with van der Waals surface area (Å²) >= 11 is 0. The molecule has 1 aliphatic heterocycles. The van der Waals surface area contributed by atoms with Crippen LogP contribution in [0.15, 0.2) is 42.7 Å². The van der Waals surface area contributed by atoms with Crippen molar-refractivity contribution in [2.24, 2.45) is 0 Å². The molecule has 1 atom stereocenters. The van der Waals surface area contributed by atoms with Crippen LogP contribution in [-0.4, -0.2) is 28.4 Å². The van der Waals surface area contributed by atoms with E-state index >= 15 is 0 Å². The second kappa shape index (κ2) is 6.30. The van der Waals surface area contributed by atoms with Crippen molar-refractivity contribution in [2.45, 2.75) is 39.2 Å². The van der Waals surface area contributed by atoms with E-state index in [1.54, 1.807) is 12.4 Å². The molecule has 3 rings (SSSR count).